The first-order valence-electron chi connectivity index (χ1n) is 7.69. The summed E-state index contributed by atoms with van der Waals surface area (Å²) in [5.41, 5.74) is 3.04. The SMILES string of the molecule is CCOc1ccccc1-c1n[nH]c(=S)n1/N=C\c1ccc(C)cc1. The number of benzene rings is 2. The zero-order valence-electron chi connectivity index (χ0n) is 13.6. The molecule has 0 aliphatic carbocycles. The molecule has 0 aliphatic rings. The lowest BCUT2D eigenvalue weighted by Gasteiger charge is -2.08. The number of rotatable bonds is 5. The maximum Gasteiger partial charge on any atom is 0.216 e. The molecule has 1 heterocycles. The highest BCUT2D eigenvalue weighted by Gasteiger charge is 2.13. The first-order chi connectivity index (χ1) is 11.7. The van der Waals surface area contributed by atoms with E-state index in [4.69, 9.17) is 17.0 Å². The number of hydrogen-bond acceptors (Lipinski definition) is 4. The van der Waals surface area contributed by atoms with Crippen LogP contribution < -0.4 is 4.74 Å². The van der Waals surface area contributed by atoms with E-state index >= 15 is 0 Å². The smallest absolute Gasteiger partial charge is 0.216 e. The second kappa shape index (κ2) is 7.23. The summed E-state index contributed by atoms with van der Waals surface area (Å²) in [5.74, 6) is 1.37. The maximum absolute atomic E-state index is 5.68. The van der Waals surface area contributed by atoms with Crippen molar-refractivity contribution in [3.63, 3.8) is 0 Å². The van der Waals surface area contributed by atoms with Crippen LogP contribution in [0.4, 0.5) is 0 Å². The number of aryl methyl sites for hydroxylation is 1. The van der Waals surface area contributed by atoms with Gasteiger partial charge in [0, 0.05) is 0 Å². The van der Waals surface area contributed by atoms with Crippen LogP contribution >= 0.6 is 12.2 Å². The van der Waals surface area contributed by atoms with Crippen molar-refractivity contribution in [2.75, 3.05) is 6.61 Å². The average molecular weight is 338 g/mol. The predicted molar refractivity (Wildman–Crippen MR) is 98.2 cm³/mol. The Bertz CT molecular complexity index is 909. The highest BCUT2D eigenvalue weighted by atomic mass is 32.1. The topological polar surface area (TPSA) is 55.2 Å². The molecule has 0 unspecified atom stereocenters. The minimum Gasteiger partial charge on any atom is -0.493 e. The average Bonchev–Trinajstić information content (AvgIpc) is 2.96. The van der Waals surface area contributed by atoms with Gasteiger partial charge in [-0.15, -0.1) is 0 Å². The van der Waals surface area contributed by atoms with Crippen molar-refractivity contribution in [1.82, 2.24) is 14.9 Å². The standard InChI is InChI=1S/C18H18N4OS/c1-3-23-16-7-5-4-6-15(16)17-20-21-18(24)22(17)19-12-14-10-8-13(2)9-11-14/h4-12H,3H2,1-2H3,(H,21,24)/b19-12-. The Labute approximate surface area is 145 Å². The summed E-state index contributed by atoms with van der Waals surface area (Å²) in [6.07, 6.45) is 1.76. The van der Waals surface area contributed by atoms with Gasteiger partial charge >= 0.3 is 0 Å². The molecule has 0 atom stereocenters. The van der Waals surface area contributed by atoms with Crippen molar-refractivity contribution in [3.8, 4) is 17.1 Å². The Balaban J connectivity index is 2.01. The molecule has 0 spiro atoms. The van der Waals surface area contributed by atoms with Crippen LogP contribution in [0.2, 0.25) is 0 Å². The van der Waals surface area contributed by atoms with Gasteiger partial charge < -0.3 is 4.74 Å². The van der Waals surface area contributed by atoms with E-state index in [0.717, 1.165) is 16.9 Å². The lowest BCUT2D eigenvalue weighted by Crippen LogP contribution is -1.99. The van der Waals surface area contributed by atoms with E-state index in [1.54, 1.807) is 10.9 Å². The van der Waals surface area contributed by atoms with Crippen LogP contribution in [0.3, 0.4) is 0 Å². The normalized spacial score (nSPS) is 11.1. The summed E-state index contributed by atoms with van der Waals surface area (Å²) >= 11 is 5.31. The summed E-state index contributed by atoms with van der Waals surface area (Å²) in [5, 5.41) is 11.6. The molecule has 3 rings (SSSR count). The van der Waals surface area contributed by atoms with Crippen LogP contribution in [0, 0.1) is 11.7 Å². The first-order valence-corrected chi connectivity index (χ1v) is 8.10. The minimum atomic E-state index is 0.430. The highest BCUT2D eigenvalue weighted by Crippen LogP contribution is 2.28. The van der Waals surface area contributed by atoms with Crippen LogP contribution in [0.5, 0.6) is 5.75 Å². The number of aromatic nitrogens is 3. The fourth-order valence-corrected chi connectivity index (χ4v) is 2.46. The zero-order chi connectivity index (χ0) is 16.9. The fourth-order valence-electron chi connectivity index (χ4n) is 2.28. The largest absolute Gasteiger partial charge is 0.493 e. The van der Waals surface area contributed by atoms with Crippen LogP contribution in [-0.4, -0.2) is 27.7 Å². The molecule has 5 nitrogen and oxygen atoms in total. The summed E-state index contributed by atoms with van der Waals surface area (Å²) in [4.78, 5) is 0. The van der Waals surface area contributed by atoms with Crippen molar-refractivity contribution in [3.05, 3.63) is 64.4 Å². The quantitative estimate of drug-likeness (QED) is 0.560. The zero-order valence-corrected chi connectivity index (χ0v) is 14.4. The van der Waals surface area contributed by atoms with E-state index < -0.39 is 0 Å². The minimum absolute atomic E-state index is 0.430. The Kier molecular flexibility index (Phi) is 4.86. The first kappa shape index (κ1) is 16.1. The van der Waals surface area contributed by atoms with Gasteiger partial charge in [0.05, 0.1) is 18.4 Å². The molecule has 0 amide bonds. The van der Waals surface area contributed by atoms with E-state index in [1.165, 1.54) is 5.56 Å². The molecule has 0 bridgehead atoms. The van der Waals surface area contributed by atoms with E-state index in [9.17, 15) is 0 Å². The number of hydrogen-bond donors (Lipinski definition) is 1. The van der Waals surface area contributed by atoms with E-state index in [0.29, 0.717) is 17.2 Å². The third-order valence-electron chi connectivity index (χ3n) is 3.48. The Hall–Kier alpha value is -2.73. The molecule has 3 aromatic rings. The molecule has 2 aromatic carbocycles. The molecule has 0 radical (unpaired) electrons. The maximum atomic E-state index is 5.68. The van der Waals surface area contributed by atoms with Crippen LogP contribution in [0.25, 0.3) is 11.4 Å². The van der Waals surface area contributed by atoms with Gasteiger partial charge in [0.25, 0.3) is 0 Å². The summed E-state index contributed by atoms with van der Waals surface area (Å²) in [7, 11) is 0. The molecular weight excluding hydrogens is 320 g/mol. The van der Waals surface area contributed by atoms with Gasteiger partial charge in [0.2, 0.25) is 4.77 Å². The van der Waals surface area contributed by atoms with Gasteiger partial charge in [0.1, 0.15) is 5.75 Å². The molecule has 24 heavy (non-hydrogen) atoms. The number of H-pyrrole nitrogens is 1. The van der Waals surface area contributed by atoms with Crippen LogP contribution in [0.15, 0.2) is 53.6 Å². The molecule has 122 valence electrons. The van der Waals surface area contributed by atoms with Gasteiger partial charge in [-0.3, -0.25) is 0 Å². The van der Waals surface area contributed by atoms with E-state index in [1.807, 2.05) is 55.5 Å². The van der Waals surface area contributed by atoms with Crippen molar-refractivity contribution >= 4 is 18.4 Å². The number of aromatic amines is 1. The fraction of sp³-hybridized carbons (Fsp3) is 0.167. The van der Waals surface area contributed by atoms with Crippen LogP contribution in [-0.2, 0) is 0 Å². The molecule has 6 heteroatoms. The molecule has 1 aromatic heterocycles. The highest BCUT2D eigenvalue weighted by molar-refractivity contribution is 7.71. The number of nitrogens with zero attached hydrogens (tertiary/aromatic N) is 3. The van der Waals surface area contributed by atoms with Crippen molar-refractivity contribution in [2.24, 2.45) is 5.10 Å². The second-order valence-corrected chi connectivity index (χ2v) is 5.64. The molecule has 1 N–H and O–H groups in total. The molecule has 0 saturated carbocycles. The van der Waals surface area contributed by atoms with Crippen molar-refractivity contribution in [2.45, 2.75) is 13.8 Å². The lowest BCUT2D eigenvalue weighted by atomic mass is 10.2. The predicted octanol–water partition coefficient (Wildman–Crippen LogP) is 4.20. The number of nitrogens with one attached hydrogen (secondary N) is 1. The Morgan fingerprint density at radius 3 is 2.71 bits per heavy atom. The van der Waals surface area contributed by atoms with Gasteiger partial charge in [-0.1, -0.05) is 42.0 Å². The monoisotopic (exact) mass is 338 g/mol. The number of para-hydroxylation sites is 1. The number of ether oxygens (including phenoxy) is 1. The van der Waals surface area contributed by atoms with Crippen molar-refractivity contribution < 1.29 is 4.74 Å². The van der Waals surface area contributed by atoms with E-state index in [-0.39, 0.29) is 0 Å². The third-order valence-corrected chi connectivity index (χ3v) is 3.74. The molecular formula is C18H18N4OS. The Morgan fingerprint density at radius 2 is 1.96 bits per heavy atom. The van der Waals surface area contributed by atoms with Crippen LogP contribution in [0.1, 0.15) is 18.1 Å². The van der Waals surface area contributed by atoms with Gasteiger partial charge in [-0.25, -0.2) is 5.10 Å². The Morgan fingerprint density at radius 1 is 1.21 bits per heavy atom. The van der Waals surface area contributed by atoms with Gasteiger partial charge in [0.15, 0.2) is 5.82 Å². The van der Waals surface area contributed by atoms with E-state index in [2.05, 4.69) is 22.2 Å². The summed E-state index contributed by atoms with van der Waals surface area (Å²) in [6, 6.07) is 15.8. The molecule has 0 fully saturated rings. The lowest BCUT2D eigenvalue weighted by molar-refractivity contribution is 0.341. The molecule has 0 aliphatic heterocycles. The summed E-state index contributed by atoms with van der Waals surface area (Å²) < 4.78 is 7.71. The molecule has 0 saturated heterocycles. The summed E-state index contributed by atoms with van der Waals surface area (Å²) in [6.45, 7) is 4.58. The van der Waals surface area contributed by atoms with Gasteiger partial charge in [-0.05, 0) is 43.8 Å². The van der Waals surface area contributed by atoms with Crippen molar-refractivity contribution in [1.29, 1.82) is 0 Å². The second-order valence-electron chi connectivity index (χ2n) is 5.25. The van der Waals surface area contributed by atoms with Gasteiger partial charge in [-0.2, -0.15) is 14.9 Å². The third kappa shape index (κ3) is 3.44.